The number of sulfonamides is 1. The third-order valence-electron chi connectivity index (χ3n) is 2.94. The van der Waals surface area contributed by atoms with E-state index in [-0.39, 0.29) is 18.1 Å². The maximum absolute atomic E-state index is 12.8. The summed E-state index contributed by atoms with van der Waals surface area (Å²) in [6, 6.07) is 5.40. The zero-order chi connectivity index (χ0) is 15.5. The van der Waals surface area contributed by atoms with E-state index in [1.54, 1.807) is 6.92 Å². The lowest BCUT2D eigenvalue weighted by atomic mass is 10.2. The van der Waals surface area contributed by atoms with Crippen LogP contribution < -0.4 is 4.72 Å². The molecule has 2 rings (SSSR count). The molecular formula is C14H17FN2O3S. The average Bonchev–Trinajstić information content (AvgIpc) is 2.70. The second-order valence-corrected chi connectivity index (χ2v) is 6.58. The summed E-state index contributed by atoms with van der Waals surface area (Å²) in [4.78, 5) is 4.12. The summed E-state index contributed by atoms with van der Waals surface area (Å²) in [5.41, 5.74) is 1.31. The third kappa shape index (κ3) is 4.64. The van der Waals surface area contributed by atoms with Crippen molar-refractivity contribution in [1.82, 2.24) is 9.71 Å². The average molecular weight is 312 g/mol. The van der Waals surface area contributed by atoms with Gasteiger partial charge >= 0.3 is 0 Å². The monoisotopic (exact) mass is 312 g/mol. The van der Waals surface area contributed by atoms with E-state index in [0.29, 0.717) is 23.6 Å². The quantitative estimate of drug-likeness (QED) is 0.886. The molecule has 1 heterocycles. The van der Waals surface area contributed by atoms with Gasteiger partial charge in [-0.1, -0.05) is 12.1 Å². The smallest absolute Gasteiger partial charge is 0.215 e. The maximum Gasteiger partial charge on any atom is 0.215 e. The highest BCUT2D eigenvalue weighted by Crippen LogP contribution is 2.10. The molecule has 7 heteroatoms. The van der Waals surface area contributed by atoms with Crippen molar-refractivity contribution in [3.05, 3.63) is 53.0 Å². The fraction of sp³-hybridized carbons (Fsp3) is 0.357. The molecule has 1 aromatic carbocycles. The molecule has 0 aliphatic heterocycles. The number of hydrogen-bond acceptors (Lipinski definition) is 4. The molecule has 0 saturated carbocycles. The van der Waals surface area contributed by atoms with E-state index in [9.17, 15) is 12.8 Å². The van der Waals surface area contributed by atoms with Crippen molar-refractivity contribution in [2.75, 3.05) is 6.54 Å². The summed E-state index contributed by atoms with van der Waals surface area (Å²) < 4.78 is 44.5. The fourth-order valence-corrected chi connectivity index (χ4v) is 3.12. The van der Waals surface area contributed by atoms with Gasteiger partial charge in [0, 0.05) is 19.9 Å². The molecule has 0 amide bonds. The SMILES string of the molecule is Cc1nc(C)c(CCNS(=O)(=O)Cc2ccc(F)cc2)o1. The van der Waals surface area contributed by atoms with Crippen LogP contribution >= 0.6 is 0 Å². The van der Waals surface area contributed by atoms with Crippen LogP contribution in [0.25, 0.3) is 0 Å². The molecule has 2 aromatic rings. The first kappa shape index (κ1) is 15.7. The van der Waals surface area contributed by atoms with Crippen molar-refractivity contribution in [3.63, 3.8) is 0 Å². The van der Waals surface area contributed by atoms with Gasteiger partial charge in [0.1, 0.15) is 11.6 Å². The van der Waals surface area contributed by atoms with Gasteiger partial charge in [-0.3, -0.25) is 0 Å². The number of rotatable bonds is 6. The van der Waals surface area contributed by atoms with E-state index in [4.69, 9.17) is 4.42 Å². The molecule has 0 radical (unpaired) electrons. The Morgan fingerprint density at radius 2 is 1.90 bits per heavy atom. The van der Waals surface area contributed by atoms with Gasteiger partial charge in [0.2, 0.25) is 10.0 Å². The normalized spacial score (nSPS) is 11.8. The Hall–Kier alpha value is -1.73. The van der Waals surface area contributed by atoms with Gasteiger partial charge in [0.05, 0.1) is 11.4 Å². The third-order valence-corrected chi connectivity index (χ3v) is 4.30. The molecule has 1 N–H and O–H groups in total. The van der Waals surface area contributed by atoms with E-state index in [2.05, 4.69) is 9.71 Å². The number of oxazole rings is 1. The maximum atomic E-state index is 12.8. The van der Waals surface area contributed by atoms with Crippen molar-refractivity contribution >= 4 is 10.0 Å². The molecule has 0 saturated heterocycles. The molecular weight excluding hydrogens is 295 g/mol. The zero-order valence-electron chi connectivity index (χ0n) is 11.9. The van der Waals surface area contributed by atoms with Crippen LogP contribution in [0.3, 0.4) is 0 Å². The highest BCUT2D eigenvalue weighted by Gasteiger charge is 2.13. The van der Waals surface area contributed by atoms with E-state index in [1.807, 2.05) is 6.92 Å². The number of aromatic nitrogens is 1. The summed E-state index contributed by atoms with van der Waals surface area (Å²) in [5.74, 6) is 0.677. The second kappa shape index (κ2) is 6.36. The number of halogens is 1. The Labute approximate surface area is 123 Å². The molecule has 114 valence electrons. The summed E-state index contributed by atoms with van der Waals surface area (Å²) in [5, 5.41) is 0. The van der Waals surface area contributed by atoms with E-state index in [1.165, 1.54) is 24.3 Å². The van der Waals surface area contributed by atoms with Crippen LogP contribution in [-0.4, -0.2) is 19.9 Å². The lowest BCUT2D eigenvalue weighted by Gasteiger charge is -2.06. The van der Waals surface area contributed by atoms with Gasteiger partial charge in [-0.2, -0.15) is 0 Å². The summed E-state index contributed by atoms with van der Waals surface area (Å²) in [6.45, 7) is 3.80. The fourth-order valence-electron chi connectivity index (χ4n) is 1.98. The Kier molecular flexibility index (Phi) is 4.74. The van der Waals surface area contributed by atoms with Crippen LogP contribution in [0.4, 0.5) is 4.39 Å². The second-order valence-electron chi connectivity index (χ2n) is 4.77. The van der Waals surface area contributed by atoms with Crippen LogP contribution in [0.15, 0.2) is 28.7 Å². The molecule has 0 spiro atoms. The molecule has 5 nitrogen and oxygen atoms in total. The Morgan fingerprint density at radius 1 is 1.24 bits per heavy atom. The molecule has 0 unspecified atom stereocenters. The highest BCUT2D eigenvalue weighted by molar-refractivity contribution is 7.88. The molecule has 0 atom stereocenters. The highest BCUT2D eigenvalue weighted by atomic mass is 32.2. The predicted molar refractivity (Wildman–Crippen MR) is 76.7 cm³/mol. The molecule has 0 bridgehead atoms. The first-order valence-corrected chi connectivity index (χ1v) is 8.15. The summed E-state index contributed by atoms with van der Waals surface area (Å²) in [7, 11) is -3.46. The molecule has 0 aliphatic rings. The first-order valence-electron chi connectivity index (χ1n) is 6.50. The van der Waals surface area contributed by atoms with Crippen LogP contribution in [0.5, 0.6) is 0 Å². The standard InChI is InChI=1S/C14H17FN2O3S/c1-10-14(20-11(2)17-10)7-8-16-21(18,19)9-12-3-5-13(15)6-4-12/h3-6,16H,7-9H2,1-2H3. The van der Waals surface area contributed by atoms with Crippen molar-refractivity contribution in [2.24, 2.45) is 0 Å². The lowest BCUT2D eigenvalue weighted by molar-refractivity contribution is 0.472. The van der Waals surface area contributed by atoms with Gasteiger partial charge in [-0.15, -0.1) is 0 Å². The van der Waals surface area contributed by atoms with Crippen molar-refractivity contribution in [3.8, 4) is 0 Å². The van der Waals surface area contributed by atoms with Crippen LogP contribution in [0.2, 0.25) is 0 Å². The Balaban J connectivity index is 1.89. The molecule has 21 heavy (non-hydrogen) atoms. The molecule has 0 aliphatic carbocycles. The van der Waals surface area contributed by atoms with Crippen LogP contribution in [0, 0.1) is 19.7 Å². The van der Waals surface area contributed by atoms with Crippen LogP contribution in [0.1, 0.15) is 22.9 Å². The number of aryl methyl sites for hydroxylation is 2. The van der Waals surface area contributed by atoms with Crippen LogP contribution in [-0.2, 0) is 22.2 Å². The number of benzene rings is 1. The Morgan fingerprint density at radius 3 is 2.48 bits per heavy atom. The van der Waals surface area contributed by atoms with Crippen molar-refractivity contribution in [2.45, 2.75) is 26.0 Å². The first-order chi connectivity index (χ1) is 9.85. The van der Waals surface area contributed by atoms with E-state index >= 15 is 0 Å². The van der Waals surface area contributed by atoms with Crippen molar-refractivity contribution in [1.29, 1.82) is 0 Å². The molecule has 0 fully saturated rings. The van der Waals surface area contributed by atoms with Gasteiger partial charge in [-0.25, -0.2) is 22.5 Å². The predicted octanol–water partition coefficient (Wildman–Crippen LogP) is 2.09. The van der Waals surface area contributed by atoms with Gasteiger partial charge in [0.25, 0.3) is 0 Å². The van der Waals surface area contributed by atoms with Gasteiger partial charge in [-0.05, 0) is 24.6 Å². The lowest BCUT2D eigenvalue weighted by Crippen LogP contribution is -2.27. The Bertz CT molecular complexity index is 708. The van der Waals surface area contributed by atoms with E-state index < -0.39 is 10.0 Å². The van der Waals surface area contributed by atoms with Gasteiger partial charge in [0.15, 0.2) is 5.89 Å². The minimum Gasteiger partial charge on any atom is -0.446 e. The number of hydrogen-bond donors (Lipinski definition) is 1. The number of nitrogens with zero attached hydrogens (tertiary/aromatic N) is 1. The van der Waals surface area contributed by atoms with E-state index in [0.717, 1.165) is 5.69 Å². The minimum absolute atomic E-state index is 0.179. The zero-order valence-corrected chi connectivity index (χ0v) is 12.7. The van der Waals surface area contributed by atoms with Crippen molar-refractivity contribution < 1.29 is 17.2 Å². The minimum atomic E-state index is -3.46. The summed E-state index contributed by atoms with van der Waals surface area (Å²) >= 11 is 0. The summed E-state index contributed by atoms with van der Waals surface area (Å²) in [6.07, 6.45) is 0.440. The topological polar surface area (TPSA) is 72.2 Å². The number of nitrogens with one attached hydrogen (secondary N) is 1. The largest absolute Gasteiger partial charge is 0.446 e. The molecule has 1 aromatic heterocycles. The van der Waals surface area contributed by atoms with Gasteiger partial charge < -0.3 is 4.42 Å².